The van der Waals surface area contributed by atoms with Crippen LogP contribution in [0.3, 0.4) is 0 Å². The largest absolute Gasteiger partial charge is 0.465 e. The highest BCUT2D eigenvalue weighted by atomic mass is 35.5. The molecule has 0 heterocycles. The van der Waals surface area contributed by atoms with Crippen LogP contribution in [0.4, 0.5) is 0 Å². The van der Waals surface area contributed by atoms with Gasteiger partial charge in [-0.2, -0.15) is 0 Å². The summed E-state index contributed by atoms with van der Waals surface area (Å²) >= 11 is 23.5. The summed E-state index contributed by atoms with van der Waals surface area (Å²) in [7, 11) is 0. The Kier molecular flexibility index (Phi) is 4.43. The van der Waals surface area contributed by atoms with Crippen molar-refractivity contribution in [2.24, 2.45) is 10.8 Å². The number of alkyl halides is 4. The average Bonchev–Trinajstić information content (AvgIpc) is 3.08. The highest BCUT2D eigenvalue weighted by molar-refractivity contribution is 6.53. The van der Waals surface area contributed by atoms with Gasteiger partial charge in [0.25, 0.3) is 0 Å². The molecule has 2 aliphatic carbocycles. The van der Waals surface area contributed by atoms with Crippen molar-refractivity contribution in [3.8, 4) is 0 Å². The molecular formula is C13H16Cl4O4. The fourth-order valence-electron chi connectivity index (χ4n) is 1.95. The molecule has 0 radical (unpaired) electrons. The van der Waals surface area contributed by atoms with Crippen LogP contribution in [-0.2, 0) is 19.1 Å². The first kappa shape index (κ1) is 17.5. The zero-order chi connectivity index (χ0) is 16.1. The van der Waals surface area contributed by atoms with Crippen molar-refractivity contribution in [1.29, 1.82) is 0 Å². The van der Waals surface area contributed by atoms with Gasteiger partial charge in [-0.05, 0) is 13.8 Å². The normalized spacial score (nSPS) is 35.0. The smallest absolute Gasteiger partial charge is 0.314 e. The van der Waals surface area contributed by atoms with E-state index in [1.54, 1.807) is 13.8 Å². The highest BCUT2D eigenvalue weighted by Crippen LogP contribution is 2.65. The molecular weight excluding hydrogens is 362 g/mol. The minimum atomic E-state index is -1.04. The van der Waals surface area contributed by atoms with Gasteiger partial charge in [0.2, 0.25) is 0 Å². The van der Waals surface area contributed by atoms with Crippen molar-refractivity contribution in [2.75, 3.05) is 13.2 Å². The van der Waals surface area contributed by atoms with Gasteiger partial charge in [-0.3, -0.25) is 9.59 Å². The van der Waals surface area contributed by atoms with Crippen LogP contribution in [0.5, 0.6) is 0 Å². The first-order chi connectivity index (χ1) is 9.46. The molecule has 0 amide bonds. The molecule has 0 spiro atoms. The van der Waals surface area contributed by atoms with E-state index in [-0.39, 0.29) is 13.2 Å². The van der Waals surface area contributed by atoms with Gasteiger partial charge >= 0.3 is 11.9 Å². The molecule has 21 heavy (non-hydrogen) atoms. The molecule has 0 aromatic heterocycles. The van der Waals surface area contributed by atoms with Crippen molar-refractivity contribution in [3.05, 3.63) is 0 Å². The first-order valence-corrected chi connectivity index (χ1v) is 8.08. The maximum absolute atomic E-state index is 11.8. The number of hydrogen-bond donors (Lipinski definition) is 0. The predicted molar refractivity (Wildman–Crippen MR) is 80.9 cm³/mol. The molecule has 0 bridgehead atoms. The third kappa shape index (κ3) is 3.10. The van der Waals surface area contributed by atoms with Gasteiger partial charge in [0.15, 0.2) is 0 Å². The molecule has 0 aromatic carbocycles. The maximum Gasteiger partial charge on any atom is 0.314 e. The number of carbonyl (C=O) groups is 2. The van der Waals surface area contributed by atoms with Crippen LogP contribution in [0.2, 0.25) is 0 Å². The Morgan fingerprint density at radius 3 is 1.38 bits per heavy atom. The van der Waals surface area contributed by atoms with Gasteiger partial charge in [-0.1, -0.05) is 0 Å². The Bertz CT molecular complexity index is 437. The molecule has 0 aliphatic heterocycles. The van der Waals surface area contributed by atoms with E-state index in [1.165, 1.54) is 0 Å². The van der Waals surface area contributed by atoms with E-state index in [9.17, 15) is 9.59 Å². The Labute approximate surface area is 143 Å². The summed E-state index contributed by atoms with van der Waals surface area (Å²) in [5, 5.41) is 0. The fraction of sp³-hybridized carbons (Fsp3) is 0.846. The lowest BCUT2D eigenvalue weighted by Crippen LogP contribution is -2.24. The van der Waals surface area contributed by atoms with E-state index in [1.807, 2.05) is 0 Å². The van der Waals surface area contributed by atoms with E-state index >= 15 is 0 Å². The van der Waals surface area contributed by atoms with Crippen molar-refractivity contribution in [3.63, 3.8) is 0 Å². The zero-order valence-electron chi connectivity index (χ0n) is 11.7. The fourth-order valence-corrected chi connectivity index (χ4v) is 3.33. The summed E-state index contributed by atoms with van der Waals surface area (Å²) in [4.78, 5) is 23.5. The van der Waals surface area contributed by atoms with Crippen molar-refractivity contribution in [1.82, 2.24) is 0 Å². The van der Waals surface area contributed by atoms with Gasteiger partial charge in [-0.25, -0.2) is 0 Å². The molecule has 0 saturated heterocycles. The minimum Gasteiger partial charge on any atom is -0.465 e. The molecule has 0 aromatic rings. The van der Waals surface area contributed by atoms with E-state index in [4.69, 9.17) is 55.9 Å². The number of esters is 2. The van der Waals surface area contributed by atoms with Gasteiger partial charge < -0.3 is 9.47 Å². The van der Waals surface area contributed by atoms with Crippen LogP contribution in [-0.4, -0.2) is 33.8 Å². The Morgan fingerprint density at radius 2 is 1.14 bits per heavy atom. The number of hydrogen-bond acceptors (Lipinski definition) is 4. The zero-order valence-corrected chi connectivity index (χ0v) is 14.7. The average molecular weight is 378 g/mol. The van der Waals surface area contributed by atoms with Crippen LogP contribution in [0.15, 0.2) is 0 Å². The second kappa shape index (κ2) is 5.33. The minimum absolute atomic E-state index is 0.134. The summed E-state index contributed by atoms with van der Waals surface area (Å²) in [6.07, 6.45) is 1.14. The molecule has 2 rings (SSSR count). The van der Waals surface area contributed by atoms with Gasteiger partial charge in [-0.15, -0.1) is 46.4 Å². The number of rotatable bonds is 6. The molecule has 2 fully saturated rings. The second-order valence-corrected chi connectivity index (χ2v) is 9.02. The number of halogens is 4. The molecule has 2 unspecified atom stereocenters. The van der Waals surface area contributed by atoms with E-state index in [0.717, 1.165) is 0 Å². The highest BCUT2D eigenvalue weighted by Gasteiger charge is 2.69. The molecule has 8 heteroatoms. The molecule has 4 nitrogen and oxygen atoms in total. The van der Waals surface area contributed by atoms with Gasteiger partial charge in [0.1, 0.15) is 19.5 Å². The Morgan fingerprint density at radius 1 is 0.857 bits per heavy atom. The number of ether oxygens (including phenoxy) is 2. The molecule has 0 N–H and O–H groups in total. The first-order valence-electron chi connectivity index (χ1n) is 6.56. The standard InChI is InChI=1S/C13H16Cl4O4/c1-10(6-12(10,14)15)8(18)20-4-3-5-21-9(19)11(2)7-13(11,16)17/h3-7H2,1-2H3. The van der Waals surface area contributed by atoms with Crippen LogP contribution < -0.4 is 0 Å². The van der Waals surface area contributed by atoms with Crippen LogP contribution in [0, 0.1) is 10.8 Å². The molecule has 2 atom stereocenters. The summed E-state index contributed by atoms with van der Waals surface area (Å²) in [6, 6.07) is 0. The third-order valence-corrected chi connectivity index (χ3v) is 6.37. The molecule has 2 saturated carbocycles. The Hall–Kier alpha value is 0.1000. The topological polar surface area (TPSA) is 52.6 Å². The van der Waals surface area contributed by atoms with Crippen LogP contribution >= 0.6 is 46.4 Å². The van der Waals surface area contributed by atoms with Gasteiger partial charge in [0.05, 0.1) is 13.2 Å². The lowest BCUT2D eigenvalue weighted by molar-refractivity contribution is -0.152. The summed E-state index contributed by atoms with van der Waals surface area (Å²) in [5.41, 5.74) is -1.68. The predicted octanol–water partition coefficient (Wildman–Crippen LogP) is 3.63. The Balaban J connectivity index is 1.61. The van der Waals surface area contributed by atoms with Crippen molar-refractivity contribution in [2.45, 2.75) is 41.8 Å². The lowest BCUT2D eigenvalue weighted by atomic mass is 10.1. The van der Waals surface area contributed by atoms with Crippen molar-refractivity contribution >= 4 is 58.3 Å². The van der Waals surface area contributed by atoms with E-state index < -0.39 is 31.4 Å². The second-order valence-electron chi connectivity index (χ2n) is 6.05. The quantitative estimate of drug-likeness (QED) is 0.403. The third-order valence-electron chi connectivity index (χ3n) is 4.17. The maximum atomic E-state index is 11.8. The molecule has 120 valence electrons. The summed E-state index contributed by atoms with van der Waals surface area (Å²) < 4.78 is 8.07. The lowest BCUT2D eigenvalue weighted by Gasteiger charge is -2.13. The van der Waals surface area contributed by atoms with E-state index in [2.05, 4.69) is 0 Å². The summed E-state index contributed by atoms with van der Waals surface area (Å²) in [5.74, 6) is -0.873. The van der Waals surface area contributed by atoms with Gasteiger partial charge in [0, 0.05) is 19.3 Å². The SMILES string of the molecule is CC1(C(=O)OCCCOC(=O)C2(C)CC2(Cl)Cl)CC1(Cl)Cl. The molecule has 2 aliphatic rings. The van der Waals surface area contributed by atoms with E-state index in [0.29, 0.717) is 19.3 Å². The monoisotopic (exact) mass is 376 g/mol. The number of carbonyl (C=O) groups excluding carboxylic acids is 2. The summed E-state index contributed by atoms with van der Waals surface area (Å²) in [6.45, 7) is 3.58. The van der Waals surface area contributed by atoms with Crippen LogP contribution in [0.25, 0.3) is 0 Å². The van der Waals surface area contributed by atoms with Crippen LogP contribution in [0.1, 0.15) is 33.1 Å². The van der Waals surface area contributed by atoms with Crippen molar-refractivity contribution < 1.29 is 19.1 Å².